The van der Waals surface area contributed by atoms with Gasteiger partial charge in [0, 0.05) is 8.95 Å². The van der Waals surface area contributed by atoms with Gasteiger partial charge in [-0.15, -0.1) is 0 Å². The highest BCUT2D eigenvalue weighted by Crippen LogP contribution is 2.20. The van der Waals surface area contributed by atoms with Crippen molar-refractivity contribution in [3.8, 4) is 0 Å². The van der Waals surface area contributed by atoms with Crippen LogP contribution in [0, 0.1) is 13.8 Å². The van der Waals surface area contributed by atoms with Crippen LogP contribution in [0.4, 0.5) is 0 Å². The number of rotatable bonds is 3. The fourth-order valence-corrected chi connectivity index (χ4v) is 3.00. The molecule has 0 atom stereocenters. The Morgan fingerprint density at radius 1 is 0.722 bits per heavy atom. The molecule has 2 rings (SSSR count). The van der Waals surface area contributed by atoms with Gasteiger partial charge < -0.3 is 0 Å². The summed E-state index contributed by atoms with van der Waals surface area (Å²) in [5.74, 6) is 0. The molecular weight excluding hydrogens is 352 g/mol. The van der Waals surface area contributed by atoms with Crippen molar-refractivity contribution in [2.75, 3.05) is 0 Å². The van der Waals surface area contributed by atoms with E-state index in [1.807, 2.05) is 0 Å². The van der Waals surface area contributed by atoms with Gasteiger partial charge in [-0.3, -0.25) is 0 Å². The molecule has 18 heavy (non-hydrogen) atoms. The molecule has 0 N–H and O–H groups in total. The van der Waals surface area contributed by atoms with Gasteiger partial charge in [-0.2, -0.15) is 0 Å². The highest BCUT2D eigenvalue weighted by molar-refractivity contribution is 9.10. The van der Waals surface area contributed by atoms with Crippen molar-refractivity contribution in [1.29, 1.82) is 0 Å². The van der Waals surface area contributed by atoms with Crippen molar-refractivity contribution in [1.82, 2.24) is 0 Å². The van der Waals surface area contributed by atoms with Gasteiger partial charge in [-0.1, -0.05) is 44.0 Å². The van der Waals surface area contributed by atoms with E-state index in [0.717, 1.165) is 21.8 Å². The first-order valence-corrected chi connectivity index (χ1v) is 7.65. The Hall–Kier alpha value is -0.600. The summed E-state index contributed by atoms with van der Waals surface area (Å²) in [6, 6.07) is 13.0. The molecule has 0 aliphatic heterocycles. The quantitative estimate of drug-likeness (QED) is 0.660. The minimum Gasteiger partial charge on any atom is -0.0579 e. The SMILES string of the molecule is Cc1cc(Br)ccc1CCc1cc(Br)ccc1C. The Labute approximate surface area is 126 Å². The molecule has 0 unspecified atom stereocenters. The number of benzene rings is 2. The average molecular weight is 368 g/mol. The zero-order valence-electron chi connectivity index (χ0n) is 10.6. The molecule has 0 aliphatic rings. The number of aryl methyl sites for hydroxylation is 4. The predicted molar refractivity (Wildman–Crippen MR) is 85.2 cm³/mol. The molecule has 0 bridgehead atoms. The standard InChI is InChI=1S/C16H16Br2/c1-11-3-7-16(18)10-14(11)5-4-13-6-8-15(17)9-12(13)2/h3,6-10H,4-5H2,1-2H3. The average Bonchev–Trinajstić information content (AvgIpc) is 2.32. The number of halogens is 2. The molecular formula is C16H16Br2. The second kappa shape index (κ2) is 6.03. The van der Waals surface area contributed by atoms with Crippen LogP contribution >= 0.6 is 31.9 Å². The molecule has 0 saturated carbocycles. The Morgan fingerprint density at radius 3 is 2.06 bits per heavy atom. The van der Waals surface area contributed by atoms with Crippen LogP contribution in [0.2, 0.25) is 0 Å². The van der Waals surface area contributed by atoms with E-state index in [9.17, 15) is 0 Å². The first-order chi connectivity index (χ1) is 8.56. The molecule has 0 aromatic heterocycles. The third-order valence-electron chi connectivity index (χ3n) is 3.28. The summed E-state index contributed by atoms with van der Waals surface area (Å²) in [4.78, 5) is 0. The maximum absolute atomic E-state index is 3.54. The molecule has 0 nitrogen and oxygen atoms in total. The van der Waals surface area contributed by atoms with E-state index in [0.29, 0.717) is 0 Å². The van der Waals surface area contributed by atoms with Gasteiger partial charge in [0.25, 0.3) is 0 Å². The van der Waals surface area contributed by atoms with Crippen LogP contribution in [-0.4, -0.2) is 0 Å². The second-order valence-electron chi connectivity index (χ2n) is 4.64. The van der Waals surface area contributed by atoms with Crippen molar-refractivity contribution >= 4 is 31.9 Å². The van der Waals surface area contributed by atoms with Gasteiger partial charge in [-0.05, 0) is 73.2 Å². The summed E-state index contributed by atoms with van der Waals surface area (Å²) in [5, 5.41) is 0. The van der Waals surface area contributed by atoms with Gasteiger partial charge >= 0.3 is 0 Å². The molecule has 2 heteroatoms. The maximum atomic E-state index is 3.54. The smallest absolute Gasteiger partial charge is 0.0178 e. The van der Waals surface area contributed by atoms with Crippen LogP contribution in [0.1, 0.15) is 22.3 Å². The van der Waals surface area contributed by atoms with Crippen LogP contribution in [0.5, 0.6) is 0 Å². The first-order valence-electron chi connectivity index (χ1n) is 6.06. The lowest BCUT2D eigenvalue weighted by Gasteiger charge is -2.09. The molecule has 0 fully saturated rings. The highest BCUT2D eigenvalue weighted by Gasteiger charge is 2.03. The van der Waals surface area contributed by atoms with Crippen LogP contribution in [0.15, 0.2) is 45.3 Å². The van der Waals surface area contributed by atoms with E-state index in [-0.39, 0.29) is 0 Å². The van der Waals surface area contributed by atoms with E-state index in [1.54, 1.807) is 0 Å². The largest absolute Gasteiger partial charge is 0.0579 e. The predicted octanol–water partition coefficient (Wildman–Crippen LogP) is 5.61. The minimum absolute atomic E-state index is 1.09. The van der Waals surface area contributed by atoms with Crippen LogP contribution in [0.3, 0.4) is 0 Å². The zero-order chi connectivity index (χ0) is 13.1. The fourth-order valence-electron chi connectivity index (χ4n) is 2.12. The van der Waals surface area contributed by atoms with Gasteiger partial charge in [0.2, 0.25) is 0 Å². The van der Waals surface area contributed by atoms with E-state index < -0.39 is 0 Å². The Balaban J connectivity index is 2.13. The molecule has 2 aromatic rings. The normalized spacial score (nSPS) is 10.7. The van der Waals surface area contributed by atoms with Gasteiger partial charge in [0.1, 0.15) is 0 Å². The van der Waals surface area contributed by atoms with E-state index in [2.05, 4.69) is 82.1 Å². The third-order valence-corrected chi connectivity index (χ3v) is 4.27. The molecule has 0 saturated heterocycles. The molecule has 0 radical (unpaired) electrons. The van der Waals surface area contributed by atoms with Crippen molar-refractivity contribution in [2.45, 2.75) is 26.7 Å². The van der Waals surface area contributed by atoms with Crippen molar-refractivity contribution in [3.05, 3.63) is 67.6 Å². The lowest BCUT2D eigenvalue weighted by atomic mass is 9.98. The first kappa shape index (κ1) is 13.8. The molecule has 0 aliphatic carbocycles. The lowest BCUT2D eigenvalue weighted by molar-refractivity contribution is 0.937. The monoisotopic (exact) mass is 366 g/mol. The maximum Gasteiger partial charge on any atom is 0.0178 e. The molecule has 94 valence electrons. The Bertz CT molecular complexity index is 559. The summed E-state index contributed by atoms with van der Waals surface area (Å²) in [5.41, 5.74) is 5.58. The Morgan fingerprint density at radius 2 is 1.33 bits per heavy atom. The summed E-state index contributed by atoms with van der Waals surface area (Å²) in [7, 11) is 0. The molecule has 0 amide bonds. The van der Waals surface area contributed by atoms with Crippen LogP contribution in [-0.2, 0) is 12.8 Å². The van der Waals surface area contributed by atoms with Gasteiger partial charge in [-0.25, -0.2) is 0 Å². The lowest BCUT2D eigenvalue weighted by Crippen LogP contribution is -1.96. The summed E-state index contributed by atoms with van der Waals surface area (Å²) >= 11 is 7.05. The van der Waals surface area contributed by atoms with Gasteiger partial charge in [0.05, 0.1) is 0 Å². The highest BCUT2D eigenvalue weighted by atomic mass is 79.9. The number of hydrogen-bond donors (Lipinski definition) is 0. The molecule has 0 heterocycles. The van der Waals surface area contributed by atoms with Crippen molar-refractivity contribution in [3.63, 3.8) is 0 Å². The molecule has 0 spiro atoms. The summed E-state index contributed by atoms with van der Waals surface area (Å²) < 4.78 is 2.32. The number of hydrogen-bond acceptors (Lipinski definition) is 0. The zero-order valence-corrected chi connectivity index (χ0v) is 13.8. The van der Waals surface area contributed by atoms with Crippen molar-refractivity contribution in [2.24, 2.45) is 0 Å². The van der Waals surface area contributed by atoms with Crippen LogP contribution < -0.4 is 0 Å². The molecule has 2 aromatic carbocycles. The minimum atomic E-state index is 1.09. The van der Waals surface area contributed by atoms with E-state index >= 15 is 0 Å². The topological polar surface area (TPSA) is 0 Å². The summed E-state index contributed by atoms with van der Waals surface area (Å²) in [6.45, 7) is 4.35. The second-order valence-corrected chi connectivity index (χ2v) is 6.47. The van der Waals surface area contributed by atoms with Gasteiger partial charge in [0.15, 0.2) is 0 Å². The van der Waals surface area contributed by atoms with Crippen LogP contribution in [0.25, 0.3) is 0 Å². The van der Waals surface area contributed by atoms with E-state index in [4.69, 9.17) is 0 Å². The van der Waals surface area contributed by atoms with E-state index in [1.165, 1.54) is 22.3 Å². The third kappa shape index (κ3) is 3.46. The Kier molecular flexibility index (Phi) is 4.63. The summed E-state index contributed by atoms with van der Waals surface area (Å²) in [6.07, 6.45) is 2.18. The fraction of sp³-hybridized carbons (Fsp3) is 0.250. The van der Waals surface area contributed by atoms with Crippen molar-refractivity contribution < 1.29 is 0 Å².